The summed E-state index contributed by atoms with van der Waals surface area (Å²) >= 11 is 5.09. The Hall–Kier alpha value is -0.880. The number of halogens is 1. The molecule has 0 saturated carbocycles. The molecule has 0 aliphatic heterocycles. The molecule has 2 rings (SSSR count). The fraction of sp³-hybridized carbons (Fsp3) is 0.286. The number of benzene rings is 1. The van der Waals surface area contributed by atoms with Crippen LogP contribution >= 0.6 is 27.3 Å². The van der Waals surface area contributed by atoms with E-state index in [1.165, 1.54) is 4.88 Å². The number of ether oxygens (including phenoxy) is 1. The van der Waals surface area contributed by atoms with Crippen LogP contribution in [0.1, 0.15) is 4.88 Å². The summed E-state index contributed by atoms with van der Waals surface area (Å²) in [5.41, 5.74) is 0. The summed E-state index contributed by atoms with van der Waals surface area (Å²) in [6.45, 7) is 1.59. The van der Waals surface area contributed by atoms with Gasteiger partial charge in [0.25, 0.3) is 0 Å². The zero-order chi connectivity index (χ0) is 13.5. The van der Waals surface area contributed by atoms with Crippen LogP contribution in [0.2, 0.25) is 0 Å². The number of nitrogens with one attached hydrogen (secondary N) is 1. The van der Waals surface area contributed by atoms with Crippen LogP contribution in [-0.2, 0) is 6.54 Å². The van der Waals surface area contributed by atoms with Crippen molar-refractivity contribution in [1.29, 1.82) is 0 Å². The fourth-order valence-electron chi connectivity index (χ4n) is 1.58. The van der Waals surface area contributed by atoms with Crippen molar-refractivity contribution in [3.63, 3.8) is 0 Å². The van der Waals surface area contributed by atoms with Crippen molar-refractivity contribution < 1.29 is 9.84 Å². The first kappa shape index (κ1) is 14.5. The smallest absolute Gasteiger partial charge is 0.120 e. The molecule has 0 saturated heterocycles. The third-order valence-electron chi connectivity index (χ3n) is 2.50. The van der Waals surface area contributed by atoms with Crippen LogP contribution in [0.25, 0.3) is 0 Å². The molecule has 5 heteroatoms. The van der Waals surface area contributed by atoms with E-state index in [1.54, 1.807) is 11.3 Å². The molecule has 1 aromatic carbocycles. The molecule has 0 bridgehead atoms. The highest BCUT2D eigenvalue weighted by molar-refractivity contribution is 9.10. The van der Waals surface area contributed by atoms with Crippen molar-refractivity contribution in [3.05, 3.63) is 51.1 Å². The van der Waals surface area contributed by atoms with E-state index in [4.69, 9.17) is 4.74 Å². The second kappa shape index (κ2) is 7.65. The molecular weight excluding hydrogens is 326 g/mol. The first-order valence-corrected chi connectivity index (χ1v) is 7.71. The van der Waals surface area contributed by atoms with E-state index in [-0.39, 0.29) is 6.61 Å². The van der Waals surface area contributed by atoms with Crippen LogP contribution < -0.4 is 10.1 Å². The summed E-state index contributed by atoms with van der Waals surface area (Å²) in [5.74, 6) is 0.756. The van der Waals surface area contributed by atoms with Crippen LogP contribution in [0.5, 0.6) is 5.75 Å². The van der Waals surface area contributed by atoms with Gasteiger partial charge in [0.1, 0.15) is 18.5 Å². The zero-order valence-electron chi connectivity index (χ0n) is 10.4. The van der Waals surface area contributed by atoms with E-state index < -0.39 is 6.10 Å². The minimum Gasteiger partial charge on any atom is -0.491 e. The molecule has 1 heterocycles. The van der Waals surface area contributed by atoms with Crippen LogP contribution in [0.3, 0.4) is 0 Å². The zero-order valence-corrected chi connectivity index (χ0v) is 12.8. The number of aliphatic hydroxyl groups excluding tert-OH is 1. The van der Waals surface area contributed by atoms with Gasteiger partial charge < -0.3 is 15.2 Å². The quantitative estimate of drug-likeness (QED) is 0.813. The predicted octanol–water partition coefficient (Wildman–Crippen LogP) is 3.04. The summed E-state index contributed by atoms with van der Waals surface area (Å²) < 4.78 is 6.49. The Morgan fingerprint density at radius 1 is 1.32 bits per heavy atom. The lowest BCUT2D eigenvalue weighted by Gasteiger charge is -2.13. The number of rotatable bonds is 7. The highest BCUT2D eigenvalue weighted by atomic mass is 79.9. The molecule has 102 valence electrons. The Bertz CT molecular complexity index is 490. The molecule has 1 unspecified atom stereocenters. The summed E-state index contributed by atoms with van der Waals surface area (Å²) in [4.78, 5) is 1.26. The van der Waals surface area contributed by atoms with E-state index in [9.17, 15) is 5.11 Å². The second-order valence-electron chi connectivity index (χ2n) is 4.13. The monoisotopic (exact) mass is 341 g/mol. The van der Waals surface area contributed by atoms with Crippen molar-refractivity contribution in [2.24, 2.45) is 0 Å². The number of hydrogen-bond acceptors (Lipinski definition) is 4. The fourth-order valence-corrected chi connectivity index (χ4v) is 2.64. The molecule has 1 atom stereocenters. The van der Waals surface area contributed by atoms with Gasteiger partial charge in [0, 0.05) is 22.4 Å². The molecule has 19 heavy (non-hydrogen) atoms. The van der Waals surface area contributed by atoms with Crippen LogP contribution in [0, 0.1) is 0 Å². The van der Waals surface area contributed by atoms with E-state index in [2.05, 4.69) is 27.3 Å². The topological polar surface area (TPSA) is 41.5 Å². The second-order valence-corrected chi connectivity index (χ2v) is 6.08. The summed E-state index contributed by atoms with van der Waals surface area (Å²) in [5, 5.41) is 15.1. The molecule has 1 aromatic heterocycles. The van der Waals surface area contributed by atoms with Gasteiger partial charge in [-0.15, -0.1) is 11.3 Å². The van der Waals surface area contributed by atoms with Crippen LogP contribution in [-0.4, -0.2) is 24.4 Å². The van der Waals surface area contributed by atoms with Crippen molar-refractivity contribution in [2.45, 2.75) is 12.6 Å². The van der Waals surface area contributed by atoms with Gasteiger partial charge in [-0.3, -0.25) is 0 Å². The summed E-state index contributed by atoms with van der Waals surface area (Å²) in [7, 11) is 0. The van der Waals surface area contributed by atoms with Crippen molar-refractivity contribution in [3.8, 4) is 5.75 Å². The predicted molar refractivity (Wildman–Crippen MR) is 81.7 cm³/mol. The Balaban J connectivity index is 1.65. The average Bonchev–Trinajstić information content (AvgIpc) is 2.90. The molecule has 0 aliphatic carbocycles. The lowest BCUT2D eigenvalue weighted by Crippen LogP contribution is -2.30. The molecule has 2 N–H and O–H groups in total. The normalized spacial score (nSPS) is 12.3. The van der Waals surface area contributed by atoms with Gasteiger partial charge in [-0.25, -0.2) is 0 Å². The highest BCUT2D eigenvalue weighted by Crippen LogP contribution is 2.17. The van der Waals surface area contributed by atoms with Gasteiger partial charge in [0.2, 0.25) is 0 Å². The van der Waals surface area contributed by atoms with Gasteiger partial charge in [0.15, 0.2) is 0 Å². The SMILES string of the molecule is OC(CNCc1cccs1)COc1cccc(Br)c1. The minimum atomic E-state index is -0.515. The van der Waals surface area contributed by atoms with Crippen molar-refractivity contribution in [1.82, 2.24) is 5.32 Å². The first-order chi connectivity index (χ1) is 9.24. The minimum absolute atomic E-state index is 0.286. The number of thiophene rings is 1. The molecule has 3 nitrogen and oxygen atoms in total. The average molecular weight is 342 g/mol. The first-order valence-electron chi connectivity index (χ1n) is 6.03. The maximum absolute atomic E-state index is 9.81. The van der Waals surface area contributed by atoms with Gasteiger partial charge in [-0.2, -0.15) is 0 Å². The van der Waals surface area contributed by atoms with Crippen molar-refractivity contribution in [2.75, 3.05) is 13.2 Å². The Labute approximate surface area is 125 Å². The Morgan fingerprint density at radius 3 is 2.95 bits per heavy atom. The van der Waals surface area contributed by atoms with Crippen LogP contribution in [0.4, 0.5) is 0 Å². The summed E-state index contributed by atoms with van der Waals surface area (Å²) in [6, 6.07) is 11.7. The van der Waals surface area contributed by atoms with Gasteiger partial charge in [-0.05, 0) is 29.6 Å². The molecule has 0 aliphatic rings. The van der Waals surface area contributed by atoms with E-state index in [0.717, 1.165) is 16.8 Å². The lowest BCUT2D eigenvalue weighted by atomic mass is 10.3. The number of aliphatic hydroxyl groups is 1. The van der Waals surface area contributed by atoms with Crippen molar-refractivity contribution >= 4 is 27.3 Å². The highest BCUT2D eigenvalue weighted by Gasteiger charge is 2.05. The summed E-state index contributed by atoms with van der Waals surface area (Å²) in [6.07, 6.45) is -0.515. The lowest BCUT2D eigenvalue weighted by molar-refractivity contribution is 0.106. The Morgan fingerprint density at radius 2 is 2.21 bits per heavy atom. The molecule has 0 fully saturated rings. The van der Waals surface area contributed by atoms with Gasteiger partial charge in [-0.1, -0.05) is 28.1 Å². The van der Waals surface area contributed by atoms with Gasteiger partial charge >= 0.3 is 0 Å². The van der Waals surface area contributed by atoms with E-state index >= 15 is 0 Å². The molecular formula is C14H16BrNO2S. The third kappa shape index (κ3) is 5.32. The maximum Gasteiger partial charge on any atom is 0.120 e. The van der Waals surface area contributed by atoms with E-state index in [1.807, 2.05) is 35.7 Å². The van der Waals surface area contributed by atoms with E-state index in [0.29, 0.717) is 6.54 Å². The standard InChI is InChI=1S/C14H16BrNO2S/c15-11-3-1-4-13(7-11)18-10-12(17)8-16-9-14-5-2-6-19-14/h1-7,12,16-17H,8-10H2. The molecule has 0 radical (unpaired) electrons. The van der Waals surface area contributed by atoms with Gasteiger partial charge in [0.05, 0.1) is 0 Å². The number of hydrogen-bond donors (Lipinski definition) is 2. The third-order valence-corrected chi connectivity index (χ3v) is 3.87. The molecule has 0 amide bonds. The molecule has 0 spiro atoms. The van der Waals surface area contributed by atoms with Crippen LogP contribution in [0.15, 0.2) is 46.3 Å². The largest absolute Gasteiger partial charge is 0.491 e. The molecule has 2 aromatic rings. The maximum atomic E-state index is 9.81. The Kier molecular flexibility index (Phi) is 5.85.